The van der Waals surface area contributed by atoms with E-state index in [0.717, 1.165) is 38.9 Å². The second kappa shape index (κ2) is 8.42. The molecule has 0 aromatic heterocycles. The second-order valence-corrected chi connectivity index (χ2v) is 14.7. The van der Waals surface area contributed by atoms with Crippen LogP contribution in [-0.2, 0) is 13.6 Å². The molecular weight excluding hydrogens is 248 g/mol. The maximum Gasteiger partial charge on any atom is 0.188 e. The Bertz CT molecular complexity index is 191. The van der Waals surface area contributed by atoms with Gasteiger partial charge in [0.15, 0.2) is 16.6 Å². The van der Waals surface area contributed by atoms with Crippen molar-refractivity contribution < 1.29 is 13.6 Å². The monoisotopic (exact) mass is 278 g/mol. The Labute approximate surface area is 109 Å². The Balaban J connectivity index is 3.35. The van der Waals surface area contributed by atoms with E-state index in [4.69, 9.17) is 13.6 Å². The van der Waals surface area contributed by atoms with Gasteiger partial charge in [-0.3, -0.25) is 0 Å². The van der Waals surface area contributed by atoms with Gasteiger partial charge in [-0.1, -0.05) is 0 Å². The molecule has 0 fully saturated rings. The molecule has 0 atom stereocenters. The van der Waals surface area contributed by atoms with Gasteiger partial charge in [-0.2, -0.15) is 0 Å². The third-order valence-corrected chi connectivity index (χ3v) is 5.90. The molecule has 0 aliphatic heterocycles. The van der Waals surface area contributed by atoms with Crippen LogP contribution in [0.25, 0.3) is 0 Å². The lowest BCUT2D eigenvalue weighted by molar-refractivity contribution is 0.126. The van der Waals surface area contributed by atoms with Crippen molar-refractivity contribution in [1.82, 2.24) is 0 Å². The fraction of sp³-hybridized carbons (Fsp3) is 1.00. The maximum atomic E-state index is 5.76. The van der Waals surface area contributed by atoms with Crippen LogP contribution in [0.3, 0.4) is 0 Å². The average Bonchev–Trinajstić information content (AvgIpc) is 2.14. The molecule has 0 rings (SSSR count). The van der Waals surface area contributed by atoms with Gasteiger partial charge in [-0.25, -0.2) is 0 Å². The number of ether oxygens (including phenoxy) is 1. The van der Waals surface area contributed by atoms with Gasteiger partial charge in [0.2, 0.25) is 0 Å². The first kappa shape index (κ1) is 17.3. The third kappa shape index (κ3) is 12.6. The van der Waals surface area contributed by atoms with Gasteiger partial charge in [0.05, 0.1) is 0 Å². The minimum atomic E-state index is -1.45. The number of rotatable bonds is 10. The molecule has 0 aromatic carbocycles. The standard InChI is InChI=1S/C12H30O3Si2/c1-7-14-17(5,6)12-11-13-9-8-10-15-16(2,3)4/h7-12H2,1-6H3. The third-order valence-electron chi connectivity index (χ3n) is 2.35. The molecule has 0 heterocycles. The molecule has 0 amide bonds. The number of hydrogen-bond donors (Lipinski definition) is 0. The minimum absolute atomic E-state index is 0.807. The van der Waals surface area contributed by atoms with Crippen molar-refractivity contribution >= 4 is 16.6 Å². The summed E-state index contributed by atoms with van der Waals surface area (Å²) in [6, 6.07) is 1.08. The van der Waals surface area contributed by atoms with Crippen LogP contribution >= 0.6 is 0 Å². The topological polar surface area (TPSA) is 27.7 Å². The van der Waals surface area contributed by atoms with Gasteiger partial charge in [0, 0.05) is 26.4 Å². The van der Waals surface area contributed by atoms with Crippen LogP contribution in [0.5, 0.6) is 0 Å². The fourth-order valence-corrected chi connectivity index (χ4v) is 3.74. The minimum Gasteiger partial charge on any atom is -0.418 e. The molecule has 0 aliphatic carbocycles. The van der Waals surface area contributed by atoms with E-state index in [-0.39, 0.29) is 0 Å². The van der Waals surface area contributed by atoms with Gasteiger partial charge in [-0.05, 0) is 52.1 Å². The predicted octanol–water partition coefficient (Wildman–Crippen LogP) is 3.49. The molecule has 3 nitrogen and oxygen atoms in total. The molecule has 0 saturated heterocycles. The Morgan fingerprint density at radius 2 is 1.47 bits per heavy atom. The fourth-order valence-electron chi connectivity index (χ4n) is 1.42. The van der Waals surface area contributed by atoms with Crippen molar-refractivity contribution in [2.75, 3.05) is 26.4 Å². The molecule has 0 spiro atoms. The van der Waals surface area contributed by atoms with Crippen molar-refractivity contribution in [2.45, 2.75) is 52.1 Å². The lowest BCUT2D eigenvalue weighted by Crippen LogP contribution is -2.31. The van der Waals surface area contributed by atoms with E-state index in [0.29, 0.717) is 0 Å². The van der Waals surface area contributed by atoms with Crippen LogP contribution in [0.2, 0.25) is 38.8 Å². The largest absolute Gasteiger partial charge is 0.418 e. The average molecular weight is 279 g/mol. The molecule has 0 bridgehead atoms. The van der Waals surface area contributed by atoms with Gasteiger partial charge < -0.3 is 13.6 Å². The van der Waals surface area contributed by atoms with Crippen LogP contribution in [0, 0.1) is 0 Å². The van der Waals surface area contributed by atoms with Crippen LogP contribution in [0.4, 0.5) is 0 Å². The molecule has 104 valence electrons. The van der Waals surface area contributed by atoms with Crippen LogP contribution in [0.15, 0.2) is 0 Å². The van der Waals surface area contributed by atoms with E-state index < -0.39 is 16.6 Å². The van der Waals surface area contributed by atoms with Crippen molar-refractivity contribution in [3.63, 3.8) is 0 Å². The maximum absolute atomic E-state index is 5.76. The molecule has 0 N–H and O–H groups in total. The van der Waals surface area contributed by atoms with E-state index in [2.05, 4.69) is 39.7 Å². The Morgan fingerprint density at radius 3 is 2.00 bits per heavy atom. The highest BCUT2D eigenvalue weighted by molar-refractivity contribution is 6.71. The Morgan fingerprint density at radius 1 is 0.824 bits per heavy atom. The van der Waals surface area contributed by atoms with Gasteiger partial charge >= 0.3 is 0 Å². The second-order valence-electron chi connectivity index (χ2n) is 5.87. The van der Waals surface area contributed by atoms with Crippen LogP contribution < -0.4 is 0 Å². The summed E-state index contributed by atoms with van der Waals surface area (Å²) in [6.07, 6.45) is 1.00. The summed E-state index contributed by atoms with van der Waals surface area (Å²) in [5, 5.41) is 0. The smallest absolute Gasteiger partial charge is 0.188 e. The molecule has 0 unspecified atom stereocenters. The highest BCUT2D eigenvalue weighted by Crippen LogP contribution is 2.10. The van der Waals surface area contributed by atoms with E-state index >= 15 is 0 Å². The normalized spacial score (nSPS) is 13.1. The molecule has 0 aromatic rings. The van der Waals surface area contributed by atoms with Crippen molar-refractivity contribution in [2.24, 2.45) is 0 Å². The summed E-state index contributed by atoms with van der Waals surface area (Å²) in [7, 11) is -2.79. The first-order valence-electron chi connectivity index (χ1n) is 6.62. The summed E-state index contributed by atoms with van der Waals surface area (Å²) >= 11 is 0. The van der Waals surface area contributed by atoms with Crippen molar-refractivity contribution in [3.05, 3.63) is 0 Å². The predicted molar refractivity (Wildman–Crippen MR) is 78.6 cm³/mol. The zero-order valence-electron chi connectivity index (χ0n) is 12.5. The lowest BCUT2D eigenvalue weighted by Gasteiger charge is -2.21. The van der Waals surface area contributed by atoms with E-state index in [9.17, 15) is 0 Å². The van der Waals surface area contributed by atoms with Crippen LogP contribution in [0.1, 0.15) is 13.3 Å². The first-order valence-corrected chi connectivity index (χ1v) is 13.1. The molecule has 0 aliphatic rings. The van der Waals surface area contributed by atoms with E-state index in [1.807, 2.05) is 0 Å². The molecule has 0 radical (unpaired) electrons. The van der Waals surface area contributed by atoms with Gasteiger partial charge in [-0.15, -0.1) is 0 Å². The zero-order chi connectivity index (χ0) is 13.4. The summed E-state index contributed by atoms with van der Waals surface area (Å²) in [5.74, 6) is 0. The Hall–Kier alpha value is 0.314. The van der Waals surface area contributed by atoms with Crippen molar-refractivity contribution in [1.29, 1.82) is 0 Å². The zero-order valence-corrected chi connectivity index (χ0v) is 14.5. The molecule has 5 heteroatoms. The summed E-state index contributed by atoms with van der Waals surface area (Å²) in [4.78, 5) is 0. The number of hydrogen-bond acceptors (Lipinski definition) is 3. The summed E-state index contributed by atoms with van der Waals surface area (Å²) in [6.45, 7) is 16.5. The summed E-state index contributed by atoms with van der Waals surface area (Å²) < 4.78 is 17.1. The summed E-state index contributed by atoms with van der Waals surface area (Å²) in [5.41, 5.74) is 0. The highest BCUT2D eigenvalue weighted by Gasteiger charge is 2.20. The van der Waals surface area contributed by atoms with E-state index in [1.54, 1.807) is 0 Å². The SMILES string of the molecule is CCO[Si](C)(C)CCOCCCO[Si](C)(C)C. The molecule has 17 heavy (non-hydrogen) atoms. The first-order chi connectivity index (χ1) is 7.77. The van der Waals surface area contributed by atoms with Gasteiger partial charge in [0.1, 0.15) is 0 Å². The lowest BCUT2D eigenvalue weighted by atomic mass is 10.5. The van der Waals surface area contributed by atoms with Gasteiger partial charge in [0.25, 0.3) is 0 Å². The molecular formula is C12H30O3Si2. The quantitative estimate of drug-likeness (QED) is 0.452. The Kier molecular flexibility index (Phi) is 8.58. The van der Waals surface area contributed by atoms with E-state index in [1.165, 1.54) is 0 Å². The highest BCUT2D eigenvalue weighted by atomic mass is 28.4. The van der Waals surface area contributed by atoms with Crippen LogP contribution in [-0.4, -0.2) is 43.1 Å². The van der Waals surface area contributed by atoms with Crippen molar-refractivity contribution in [3.8, 4) is 0 Å². The molecule has 0 saturated carbocycles.